The van der Waals surface area contributed by atoms with Crippen molar-refractivity contribution in [2.45, 2.75) is 45.7 Å². The predicted octanol–water partition coefficient (Wildman–Crippen LogP) is 3.18. The number of methoxy groups -OCH3 is 1. The van der Waals surface area contributed by atoms with Crippen LogP contribution < -0.4 is 4.74 Å². The molecule has 0 spiro atoms. The number of carbonyl (C=O) groups excluding carboxylic acids is 2. The highest BCUT2D eigenvalue weighted by Gasteiger charge is 2.27. The number of rotatable bonds is 6. The number of halogens is 3. The molecule has 0 amide bonds. The van der Waals surface area contributed by atoms with E-state index in [-0.39, 0.29) is 18.3 Å². The summed E-state index contributed by atoms with van der Waals surface area (Å²) in [7, 11) is 1.43. The van der Waals surface area contributed by atoms with E-state index < -0.39 is 12.6 Å². The van der Waals surface area contributed by atoms with Crippen molar-refractivity contribution in [3.63, 3.8) is 0 Å². The van der Waals surface area contributed by atoms with E-state index in [1.165, 1.54) is 19.4 Å². The Hall–Kier alpha value is -3.18. The molecule has 2 rings (SSSR count). The molecule has 150 valence electrons. The first kappa shape index (κ1) is 22.9. The standard InChI is InChI=1S/C17H19F3N4O.CO2/c1-4-12-13(9-21)24(16(5-2)23-12)14-10-22-11(8-15(14)25-3)6-7-17(18,19)20;2-1-3/h8,10H,4-7H2,1-3H3;. The Balaban J connectivity index is 0.00000122. The van der Waals surface area contributed by atoms with Crippen molar-refractivity contribution in [1.29, 1.82) is 5.26 Å². The van der Waals surface area contributed by atoms with E-state index in [0.29, 0.717) is 41.5 Å². The van der Waals surface area contributed by atoms with Crippen LogP contribution in [-0.2, 0) is 28.9 Å². The number of aromatic nitrogens is 3. The highest BCUT2D eigenvalue weighted by Crippen LogP contribution is 2.29. The number of ether oxygens (including phenoxy) is 1. The van der Waals surface area contributed by atoms with Gasteiger partial charge in [0.25, 0.3) is 0 Å². The molecule has 28 heavy (non-hydrogen) atoms. The Bertz CT molecular complexity index is 879. The van der Waals surface area contributed by atoms with Crippen LogP contribution in [-0.4, -0.2) is 34.0 Å². The number of nitrogens with zero attached hydrogens (tertiary/aromatic N) is 4. The van der Waals surface area contributed by atoms with Crippen molar-refractivity contribution in [3.8, 4) is 17.5 Å². The lowest BCUT2D eigenvalue weighted by Crippen LogP contribution is -2.10. The summed E-state index contributed by atoms with van der Waals surface area (Å²) in [5.41, 5.74) is 1.84. The highest BCUT2D eigenvalue weighted by molar-refractivity contribution is 5.51. The van der Waals surface area contributed by atoms with Gasteiger partial charge in [-0.15, -0.1) is 0 Å². The minimum Gasteiger partial charge on any atom is -0.494 e. The Morgan fingerprint density at radius 2 is 1.89 bits per heavy atom. The molecule has 0 aromatic carbocycles. The van der Waals surface area contributed by atoms with Crippen molar-refractivity contribution in [2.24, 2.45) is 0 Å². The van der Waals surface area contributed by atoms with Crippen LogP contribution in [0.5, 0.6) is 5.75 Å². The Kier molecular flexibility index (Phi) is 8.35. The zero-order valence-corrected chi connectivity index (χ0v) is 15.6. The zero-order chi connectivity index (χ0) is 21.3. The second kappa shape index (κ2) is 10.2. The second-order valence-corrected chi connectivity index (χ2v) is 5.52. The van der Waals surface area contributed by atoms with Crippen LogP contribution in [0.3, 0.4) is 0 Å². The average molecular weight is 396 g/mol. The van der Waals surface area contributed by atoms with Gasteiger partial charge < -0.3 is 4.74 Å². The maximum Gasteiger partial charge on any atom is 0.389 e. The third-order valence-electron chi connectivity index (χ3n) is 3.80. The van der Waals surface area contributed by atoms with Gasteiger partial charge in [-0.05, 0) is 12.8 Å². The van der Waals surface area contributed by atoms with E-state index in [4.69, 9.17) is 14.3 Å². The van der Waals surface area contributed by atoms with Gasteiger partial charge in [0, 0.05) is 24.6 Å². The van der Waals surface area contributed by atoms with Crippen LogP contribution in [0.25, 0.3) is 5.69 Å². The van der Waals surface area contributed by atoms with E-state index in [1.807, 2.05) is 13.8 Å². The summed E-state index contributed by atoms with van der Waals surface area (Å²) in [5, 5.41) is 9.50. The fourth-order valence-corrected chi connectivity index (χ4v) is 2.58. The smallest absolute Gasteiger partial charge is 0.389 e. The normalized spacial score (nSPS) is 10.5. The van der Waals surface area contributed by atoms with Crippen LogP contribution in [0, 0.1) is 11.3 Å². The lowest BCUT2D eigenvalue weighted by molar-refractivity contribution is -0.191. The molecule has 0 aliphatic carbocycles. The van der Waals surface area contributed by atoms with Crippen LogP contribution in [0.15, 0.2) is 12.3 Å². The topological polar surface area (TPSA) is 97.9 Å². The summed E-state index contributed by atoms with van der Waals surface area (Å²) in [6.07, 6.45) is -2.54. The number of nitriles is 1. The van der Waals surface area contributed by atoms with Gasteiger partial charge >= 0.3 is 12.3 Å². The number of aryl methyl sites for hydroxylation is 3. The fraction of sp³-hybridized carbons (Fsp3) is 0.444. The number of hydrogen-bond acceptors (Lipinski definition) is 6. The lowest BCUT2D eigenvalue weighted by Gasteiger charge is -2.14. The minimum atomic E-state index is -4.24. The molecule has 0 saturated heterocycles. The van der Waals surface area contributed by atoms with Gasteiger partial charge in [-0.3, -0.25) is 9.55 Å². The van der Waals surface area contributed by atoms with Gasteiger partial charge in [0.15, 0.2) is 0 Å². The first-order valence-electron chi connectivity index (χ1n) is 8.36. The van der Waals surface area contributed by atoms with E-state index in [9.17, 15) is 18.4 Å². The monoisotopic (exact) mass is 396 g/mol. The second-order valence-electron chi connectivity index (χ2n) is 5.52. The van der Waals surface area contributed by atoms with E-state index in [0.717, 1.165) is 0 Å². The molecule has 0 bridgehead atoms. The summed E-state index contributed by atoms with van der Waals surface area (Å²) in [6, 6.07) is 3.63. The van der Waals surface area contributed by atoms with E-state index in [1.54, 1.807) is 4.57 Å². The van der Waals surface area contributed by atoms with Gasteiger partial charge in [-0.1, -0.05) is 13.8 Å². The van der Waals surface area contributed by atoms with E-state index >= 15 is 0 Å². The zero-order valence-electron chi connectivity index (χ0n) is 15.6. The largest absolute Gasteiger partial charge is 0.494 e. The maximum atomic E-state index is 12.4. The molecule has 0 fully saturated rings. The average Bonchev–Trinajstić information content (AvgIpc) is 3.03. The third-order valence-corrected chi connectivity index (χ3v) is 3.80. The summed E-state index contributed by atoms with van der Waals surface area (Å²) in [4.78, 5) is 24.8. The quantitative estimate of drug-likeness (QED) is 0.744. The summed E-state index contributed by atoms with van der Waals surface area (Å²) in [5.74, 6) is 1.04. The molecule has 0 saturated carbocycles. The van der Waals surface area contributed by atoms with Crippen LogP contribution >= 0.6 is 0 Å². The summed E-state index contributed by atoms with van der Waals surface area (Å²) < 4.78 is 44.2. The van der Waals surface area contributed by atoms with Gasteiger partial charge in [-0.2, -0.15) is 28.0 Å². The Labute approximate surface area is 159 Å². The van der Waals surface area contributed by atoms with Gasteiger partial charge in [0.1, 0.15) is 29.0 Å². The van der Waals surface area contributed by atoms with Crippen molar-refractivity contribution < 1.29 is 27.5 Å². The number of hydrogen-bond donors (Lipinski definition) is 0. The molecule has 7 nitrogen and oxygen atoms in total. The number of imidazole rings is 1. The Morgan fingerprint density at radius 3 is 2.36 bits per heavy atom. The first-order chi connectivity index (χ1) is 13.3. The molecule has 2 aromatic heterocycles. The molecule has 0 aliphatic heterocycles. The SMILES string of the molecule is CCc1nc(CC)n(-c2cnc(CCC(F)(F)F)cc2OC)c1C#N.O=C=O. The lowest BCUT2D eigenvalue weighted by atomic mass is 10.2. The molecule has 0 radical (unpaired) electrons. The summed E-state index contributed by atoms with van der Waals surface area (Å²) in [6.45, 7) is 3.82. The maximum absolute atomic E-state index is 12.4. The van der Waals surface area contributed by atoms with Crippen LogP contribution in [0.4, 0.5) is 13.2 Å². The van der Waals surface area contributed by atoms with Crippen LogP contribution in [0.2, 0.25) is 0 Å². The van der Waals surface area contributed by atoms with Crippen LogP contribution in [0.1, 0.15) is 43.2 Å². The predicted molar refractivity (Wildman–Crippen MR) is 90.8 cm³/mol. The molecular weight excluding hydrogens is 377 g/mol. The van der Waals surface area contributed by atoms with Crippen molar-refractivity contribution in [2.75, 3.05) is 7.11 Å². The molecule has 2 heterocycles. The van der Waals surface area contributed by atoms with Crippen molar-refractivity contribution in [3.05, 3.63) is 35.2 Å². The molecule has 10 heteroatoms. The molecule has 0 unspecified atom stereocenters. The molecule has 0 aliphatic rings. The first-order valence-corrected chi connectivity index (χ1v) is 8.36. The van der Waals surface area contributed by atoms with E-state index in [2.05, 4.69) is 16.0 Å². The van der Waals surface area contributed by atoms with Gasteiger partial charge in [-0.25, -0.2) is 4.98 Å². The molecule has 0 atom stereocenters. The fourth-order valence-electron chi connectivity index (χ4n) is 2.58. The van der Waals surface area contributed by atoms with Crippen molar-refractivity contribution in [1.82, 2.24) is 14.5 Å². The molecular formula is C18H19F3N4O3. The minimum absolute atomic E-state index is 0.226. The number of alkyl halides is 3. The number of pyridine rings is 1. The third kappa shape index (κ3) is 5.66. The molecule has 2 aromatic rings. The highest BCUT2D eigenvalue weighted by atomic mass is 19.4. The van der Waals surface area contributed by atoms with Crippen molar-refractivity contribution >= 4 is 6.15 Å². The van der Waals surface area contributed by atoms with Gasteiger partial charge in [0.2, 0.25) is 0 Å². The van der Waals surface area contributed by atoms with Gasteiger partial charge in [0.05, 0.1) is 19.0 Å². The Morgan fingerprint density at radius 1 is 1.25 bits per heavy atom. The summed E-state index contributed by atoms with van der Waals surface area (Å²) >= 11 is 0. The molecule has 0 N–H and O–H groups in total.